The molecular formula is C5H8N2O6. The molecule has 0 aromatic carbocycles. The van der Waals surface area contributed by atoms with E-state index in [0.29, 0.717) is 0 Å². The van der Waals surface area contributed by atoms with Gasteiger partial charge in [0.25, 0.3) is 12.3 Å². The molecule has 1 unspecified atom stereocenters. The number of imide groups is 1. The van der Waals surface area contributed by atoms with Gasteiger partial charge in [-0.2, -0.15) is 4.89 Å². The number of urea groups is 1. The first kappa shape index (κ1) is 11.5. The van der Waals surface area contributed by atoms with Crippen LogP contribution < -0.4 is 10.6 Å². The van der Waals surface area contributed by atoms with Crippen molar-refractivity contribution in [2.24, 2.45) is 0 Å². The fourth-order valence-electron chi connectivity index (χ4n) is 0.366. The lowest BCUT2D eigenvalue weighted by Crippen LogP contribution is -2.46. The highest BCUT2D eigenvalue weighted by Gasteiger charge is 2.14. The predicted octanol–water partition coefficient (Wildman–Crippen LogP) is -1.83. The lowest BCUT2D eigenvalue weighted by molar-refractivity contribution is -0.339. The normalized spacial score (nSPS) is 11.6. The molecule has 0 bridgehead atoms. The Morgan fingerprint density at radius 2 is 1.92 bits per heavy atom. The third-order valence-electron chi connectivity index (χ3n) is 0.901. The van der Waals surface area contributed by atoms with Crippen LogP contribution in [0.25, 0.3) is 0 Å². The van der Waals surface area contributed by atoms with Crippen molar-refractivity contribution in [1.82, 2.24) is 10.6 Å². The second-order valence-electron chi connectivity index (χ2n) is 1.94. The van der Waals surface area contributed by atoms with Crippen LogP contribution in [0.4, 0.5) is 4.79 Å². The van der Waals surface area contributed by atoms with Gasteiger partial charge < -0.3 is 5.11 Å². The second kappa shape index (κ2) is 5.19. The molecule has 0 aromatic heterocycles. The lowest BCUT2D eigenvalue weighted by atomic mass is 10.4. The quantitative estimate of drug-likeness (QED) is 0.180. The van der Waals surface area contributed by atoms with Crippen molar-refractivity contribution in [2.75, 3.05) is 0 Å². The molecule has 8 nitrogen and oxygen atoms in total. The Morgan fingerprint density at radius 3 is 2.31 bits per heavy atom. The standard InChI is InChI=1S/C5H8N2O6/c1-2(8)3(9)6-4(10)7-5(11)13-12/h5,11-12H,1H3,(H2,6,7,9,10). The van der Waals surface area contributed by atoms with Gasteiger partial charge in [-0.1, -0.05) is 0 Å². The Morgan fingerprint density at radius 1 is 1.38 bits per heavy atom. The number of aliphatic hydroxyl groups excluding tert-OH is 1. The number of carbonyl (C=O) groups is 3. The zero-order valence-electron chi connectivity index (χ0n) is 6.60. The van der Waals surface area contributed by atoms with E-state index < -0.39 is 24.1 Å². The van der Waals surface area contributed by atoms with Gasteiger partial charge in [-0.25, -0.2) is 10.1 Å². The van der Waals surface area contributed by atoms with Gasteiger partial charge in [0.2, 0.25) is 5.78 Å². The SMILES string of the molecule is CC(=O)C(=O)NC(=O)NC(O)OO. The van der Waals surface area contributed by atoms with Crippen molar-refractivity contribution < 1.29 is 29.6 Å². The van der Waals surface area contributed by atoms with E-state index in [0.717, 1.165) is 6.92 Å². The maximum absolute atomic E-state index is 10.6. The van der Waals surface area contributed by atoms with E-state index in [1.54, 1.807) is 10.6 Å². The van der Waals surface area contributed by atoms with E-state index in [-0.39, 0.29) is 0 Å². The van der Waals surface area contributed by atoms with E-state index >= 15 is 0 Å². The smallest absolute Gasteiger partial charge is 0.325 e. The average Bonchev–Trinajstić information content (AvgIpc) is 2.03. The van der Waals surface area contributed by atoms with Crippen LogP contribution in [0.5, 0.6) is 0 Å². The number of carbonyl (C=O) groups excluding carboxylic acids is 3. The predicted molar refractivity (Wildman–Crippen MR) is 37.1 cm³/mol. The molecule has 0 rings (SSSR count). The largest absolute Gasteiger partial charge is 0.349 e. The summed E-state index contributed by atoms with van der Waals surface area (Å²) in [6.07, 6.45) is -1.96. The summed E-state index contributed by atoms with van der Waals surface area (Å²) >= 11 is 0. The molecule has 0 heterocycles. The van der Waals surface area contributed by atoms with Gasteiger partial charge in [0.15, 0.2) is 0 Å². The lowest BCUT2D eigenvalue weighted by Gasteiger charge is -2.08. The van der Waals surface area contributed by atoms with E-state index in [2.05, 4.69) is 4.89 Å². The Hall–Kier alpha value is -1.51. The molecule has 0 aliphatic heterocycles. The highest BCUT2D eigenvalue weighted by molar-refractivity contribution is 6.37. The van der Waals surface area contributed by atoms with E-state index in [1.165, 1.54) is 0 Å². The van der Waals surface area contributed by atoms with Gasteiger partial charge in [-0.3, -0.25) is 20.2 Å². The first-order chi connectivity index (χ1) is 5.97. The molecule has 4 N–H and O–H groups in total. The van der Waals surface area contributed by atoms with Crippen LogP contribution in [0.15, 0.2) is 0 Å². The molecular weight excluding hydrogens is 184 g/mol. The Bertz CT molecular complexity index is 227. The highest BCUT2D eigenvalue weighted by atomic mass is 17.1. The average molecular weight is 192 g/mol. The van der Waals surface area contributed by atoms with Crippen molar-refractivity contribution in [1.29, 1.82) is 0 Å². The molecule has 0 aliphatic rings. The first-order valence-corrected chi connectivity index (χ1v) is 3.08. The van der Waals surface area contributed by atoms with Crippen LogP contribution in [0.3, 0.4) is 0 Å². The third kappa shape index (κ3) is 4.85. The summed E-state index contributed by atoms with van der Waals surface area (Å²) < 4.78 is 0. The third-order valence-corrected chi connectivity index (χ3v) is 0.901. The van der Waals surface area contributed by atoms with E-state index in [1.807, 2.05) is 0 Å². The molecule has 13 heavy (non-hydrogen) atoms. The zero-order valence-corrected chi connectivity index (χ0v) is 6.60. The molecule has 3 amide bonds. The minimum absolute atomic E-state index is 0.866. The second-order valence-corrected chi connectivity index (χ2v) is 1.94. The fourth-order valence-corrected chi connectivity index (χ4v) is 0.366. The number of rotatable bonds is 3. The summed E-state index contributed by atoms with van der Waals surface area (Å²) in [7, 11) is 0. The number of aliphatic hydroxyl groups is 1. The molecule has 0 saturated heterocycles. The summed E-state index contributed by atoms with van der Waals surface area (Å²) in [6, 6.07) is -1.17. The van der Waals surface area contributed by atoms with Gasteiger partial charge in [-0.05, 0) is 0 Å². The maximum Gasteiger partial charge on any atom is 0.325 e. The topological polar surface area (TPSA) is 125 Å². The number of amides is 3. The molecule has 0 aromatic rings. The van der Waals surface area contributed by atoms with E-state index in [9.17, 15) is 14.4 Å². The molecule has 0 saturated carbocycles. The van der Waals surface area contributed by atoms with Crippen molar-refractivity contribution in [3.63, 3.8) is 0 Å². The number of nitrogens with one attached hydrogen (secondary N) is 2. The van der Waals surface area contributed by atoms with Crippen LogP contribution in [0.2, 0.25) is 0 Å². The Kier molecular flexibility index (Phi) is 4.59. The Balaban J connectivity index is 3.88. The van der Waals surface area contributed by atoms with Crippen molar-refractivity contribution in [3.8, 4) is 0 Å². The molecule has 1 atom stereocenters. The minimum Gasteiger partial charge on any atom is -0.349 e. The number of hydrogen-bond donors (Lipinski definition) is 4. The van der Waals surface area contributed by atoms with Crippen LogP contribution in [0, 0.1) is 0 Å². The van der Waals surface area contributed by atoms with Gasteiger partial charge in [0.1, 0.15) is 0 Å². The van der Waals surface area contributed by atoms with Crippen molar-refractivity contribution >= 4 is 17.7 Å². The fraction of sp³-hybridized carbons (Fsp3) is 0.400. The van der Waals surface area contributed by atoms with Gasteiger partial charge in [0, 0.05) is 6.92 Å². The minimum atomic E-state index is -1.96. The summed E-state index contributed by atoms with van der Waals surface area (Å²) in [4.78, 5) is 34.6. The summed E-state index contributed by atoms with van der Waals surface area (Å²) in [5.41, 5.74) is 0. The molecule has 0 radical (unpaired) electrons. The first-order valence-electron chi connectivity index (χ1n) is 3.08. The summed E-state index contributed by atoms with van der Waals surface area (Å²) in [6.45, 7) is 0.960. The van der Waals surface area contributed by atoms with Crippen LogP contribution >= 0.6 is 0 Å². The number of ketones is 1. The molecule has 0 spiro atoms. The molecule has 74 valence electrons. The van der Waals surface area contributed by atoms with Crippen LogP contribution in [-0.2, 0) is 14.5 Å². The highest BCUT2D eigenvalue weighted by Crippen LogP contribution is 1.77. The van der Waals surface area contributed by atoms with Gasteiger partial charge in [-0.15, -0.1) is 0 Å². The summed E-state index contributed by atoms with van der Waals surface area (Å²) in [5, 5.41) is 19.4. The molecule has 0 fully saturated rings. The van der Waals surface area contributed by atoms with Crippen LogP contribution in [0.1, 0.15) is 6.92 Å². The van der Waals surface area contributed by atoms with Gasteiger partial charge >= 0.3 is 6.03 Å². The van der Waals surface area contributed by atoms with Crippen LogP contribution in [-0.4, -0.2) is 34.5 Å². The zero-order chi connectivity index (χ0) is 10.4. The number of Topliss-reactive ketones (excluding diaryl/α,β-unsaturated/α-hetero) is 1. The Labute approximate surface area is 72.4 Å². The summed E-state index contributed by atoms with van der Waals surface area (Å²) in [5.74, 6) is -2.00. The van der Waals surface area contributed by atoms with E-state index in [4.69, 9.17) is 10.4 Å². The maximum atomic E-state index is 10.6. The molecule has 8 heteroatoms. The van der Waals surface area contributed by atoms with Crippen molar-refractivity contribution in [3.05, 3.63) is 0 Å². The monoisotopic (exact) mass is 192 g/mol. The molecule has 0 aliphatic carbocycles. The van der Waals surface area contributed by atoms with Crippen molar-refractivity contribution in [2.45, 2.75) is 13.3 Å². The number of hydrogen-bond acceptors (Lipinski definition) is 6. The van der Waals surface area contributed by atoms with Gasteiger partial charge in [0.05, 0.1) is 0 Å².